The van der Waals surface area contributed by atoms with Crippen molar-refractivity contribution in [1.29, 1.82) is 0 Å². The van der Waals surface area contributed by atoms with Crippen LogP contribution in [0.5, 0.6) is 11.5 Å². The van der Waals surface area contributed by atoms with Gasteiger partial charge in [-0.15, -0.1) is 0 Å². The van der Waals surface area contributed by atoms with E-state index in [0.29, 0.717) is 36.6 Å². The molecule has 0 radical (unpaired) electrons. The number of sulfonamides is 1. The van der Waals surface area contributed by atoms with Crippen LogP contribution in [0.4, 0.5) is 11.4 Å². The second-order valence-electron chi connectivity index (χ2n) is 7.77. The van der Waals surface area contributed by atoms with Gasteiger partial charge in [-0.3, -0.25) is 9.52 Å². The summed E-state index contributed by atoms with van der Waals surface area (Å²) < 4.78 is 37.2. The normalized spacial score (nSPS) is 13.4. The van der Waals surface area contributed by atoms with Gasteiger partial charge in [-0.25, -0.2) is 8.42 Å². The zero-order valence-electron chi connectivity index (χ0n) is 18.8. The third-order valence-corrected chi connectivity index (χ3v) is 6.74. The number of benzene rings is 2. The molecule has 0 fully saturated rings. The lowest BCUT2D eigenvalue weighted by Gasteiger charge is -2.23. The van der Waals surface area contributed by atoms with Gasteiger partial charge >= 0.3 is 0 Å². The van der Waals surface area contributed by atoms with Crippen molar-refractivity contribution >= 4 is 27.3 Å². The van der Waals surface area contributed by atoms with E-state index < -0.39 is 10.0 Å². The van der Waals surface area contributed by atoms with Crippen LogP contribution in [0.2, 0.25) is 0 Å². The Morgan fingerprint density at radius 2 is 1.78 bits per heavy atom. The number of anilines is 2. The summed E-state index contributed by atoms with van der Waals surface area (Å²) in [7, 11) is 0.368. The first kappa shape index (κ1) is 23.9. The van der Waals surface area contributed by atoms with Crippen molar-refractivity contribution in [1.82, 2.24) is 4.90 Å². The number of likely N-dealkylation sites (N-methyl/N-ethyl adjacent to an activating group) is 1. The summed E-state index contributed by atoms with van der Waals surface area (Å²) in [6, 6.07) is 11.2. The molecule has 0 spiro atoms. The minimum Gasteiger partial charge on any atom is -0.495 e. The van der Waals surface area contributed by atoms with Crippen molar-refractivity contribution in [3.8, 4) is 11.5 Å². The van der Waals surface area contributed by atoms with E-state index in [1.165, 1.54) is 0 Å². The van der Waals surface area contributed by atoms with Crippen LogP contribution in [0.3, 0.4) is 0 Å². The molecule has 0 aliphatic carbocycles. The van der Waals surface area contributed by atoms with Crippen molar-refractivity contribution in [2.24, 2.45) is 0 Å². The molecule has 0 saturated carbocycles. The molecule has 1 heterocycles. The number of methoxy groups -OCH3 is 1. The molecule has 32 heavy (non-hydrogen) atoms. The SMILES string of the molecule is CCS(=O)(=O)Nc1ccc(CCN(C)CCOc2ccc(OC)c3c2CCC(=O)N3)cc1. The Morgan fingerprint density at radius 3 is 2.47 bits per heavy atom. The maximum atomic E-state index is 11.7. The molecule has 0 bridgehead atoms. The number of carbonyl (C=O) groups is 1. The standard InChI is InChI=1S/C23H31N3O5S/c1-4-32(28,29)25-18-7-5-17(6-8-18)13-14-26(2)15-16-31-20-10-11-21(30-3)23-19(20)9-12-22(27)24-23/h5-8,10-11,25H,4,9,12-16H2,1-3H3,(H,24,27). The van der Waals surface area contributed by atoms with E-state index in [0.717, 1.165) is 36.4 Å². The van der Waals surface area contributed by atoms with Gasteiger partial charge in [0.15, 0.2) is 0 Å². The predicted molar refractivity (Wildman–Crippen MR) is 126 cm³/mol. The van der Waals surface area contributed by atoms with Crippen molar-refractivity contribution in [2.45, 2.75) is 26.2 Å². The number of hydrogen-bond acceptors (Lipinski definition) is 6. The number of amides is 1. The summed E-state index contributed by atoms with van der Waals surface area (Å²) in [4.78, 5) is 13.9. The molecule has 0 unspecified atom stereocenters. The molecule has 0 aromatic heterocycles. The quantitative estimate of drug-likeness (QED) is 0.534. The van der Waals surface area contributed by atoms with E-state index in [-0.39, 0.29) is 11.7 Å². The molecule has 1 aliphatic heterocycles. The Labute approximate surface area is 190 Å². The highest BCUT2D eigenvalue weighted by atomic mass is 32.2. The van der Waals surface area contributed by atoms with Crippen LogP contribution < -0.4 is 19.5 Å². The fourth-order valence-electron chi connectivity index (χ4n) is 3.47. The molecular weight excluding hydrogens is 430 g/mol. The first-order chi connectivity index (χ1) is 15.3. The van der Waals surface area contributed by atoms with E-state index in [2.05, 4.69) is 14.9 Å². The predicted octanol–water partition coefficient (Wildman–Crippen LogP) is 2.89. The summed E-state index contributed by atoms with van der Waals surface area (Å²) >= 11 is 0. The van der Waals surface area contributed by atoms with E-state index in [4.69, 9.17) is 9.47 Å². The monoisotopic (exact) mass is 461 g/mol. The zero-order valence-corrected chi connectivity index (χ0v) is 19.6. The van der Waals surface area contributed by atoms with Crippen LogP contribution in [0.25, 0.3) is 0 Å². The van der Waals surface area contributed by atoms with E-state index in [9.17, 15) is 13.2 Å². The van der Waals surface area contributed by atoms with Gasteiger partial charge in [-0.2, -0.15) is 0 Å². The minimum atomic E-state index is -3.26. The Hall–Kier alpha value is -2.78. The average Bonchev–Trinajstić information content (AvgIpc) is 2.78. The van der Waals surface area contributed by atoms with Crippen LogP contribution in [-0.2, 0) is 27.7 Å². The molecule has 2 aromatic carbocycles. The maximum Gasteiger partial charge on any atom is 0.232 e. The highest BCUT2D eigenvalue weighted by Crippen LogP contribution is 2.38. The minimum absolute atomic E-state index is 0.0107. The van der Waals surface area contributed by atoms with Gasteiger partial charge in [0.05, 0.1) is 18.6 Å². The number of carbonyl (C=O) groups excluding carboxylic acids is 1. The third-order valence-electron chi connectivity index (χ3n) is 5.44. The second-order valence-corrected chi connectivity index (χ2v) is 9.78. The number of nitrogens with zero attached hydrogens (tertiary/aromatic N) is 1. The lowest BCUT2D eigenvalue weighted by atomic mass is 10.0. The summed E-state index contributed by atoms with van der Waals surface area (Å²) in [6.07, 6.45) is 1.92. The zero-order chi connectivity index (χ0) is 23.1. The van der Waals surface area contributed by atoms with Gasteiger partial charge in [0, 0.05) is 30.8 Å². The van der Waals surface area contributed by atoms with E-state index in [1.54, 1.807) is 26.2 Å². The molecule has 8 nitrogen and oxygen atoms in total. The van der Waals surface area contributed by atoms with Crippen molar-refractivity contribution in [2.75, 3.05) is 49.6 Å². The van der Waals surface area contributed by atoms with E-state index in [1.807, 2.05) is 31.3 Å². The Bertz CT molecular complexity index is 1040. The number of hydrogen-bond donors (Lipinski definition) is 2. The average molecular weight is 462 g/mol. The molecule has 1 aliphatic rings. The molecule has 1 amide bonds. The van der Waals surface area contributed by atoms with Gasteiger partial charge in [-0.1, -0.05) is 12.1 Å². The summed E-state index contributed by atoms with van der Waals surface area (Å²) in [5.74, 6) is 1.46. The first-order valence-corrected chi connectivity index (χ1v) is 12.4. The second kappa shape index (κ2) is 10.7. The molecule has 174 valence electrons. The molecule has 2 aromatic rings. The molecule has 0 saturated heterocycles. The van der Waals surface area contributed by atoms with Crippen molar-refractivity contribution in [3.05, 3.63) is 47.5 Å². The topological polar surface area (TPSA) is 97.0 Å². The molecule has 0 atom stereocenters. The van der Waals surface area contributed by atoms with Crippen LogP contribution >= 0.6 is 0 Å². The maximum absolute atomic E-state index is 11.7. The molecular formula is C23H31N3O5S. The largest absolute Gasteiger partial charge is 0.495 e. The van der Waals surface area contributed by atoms with Gasteiger partial charge in [0.2, 0.25) is 15.9 Å². The number of rotatable bonds is 11. The molecule has 2 N–H and O–H groups in total. The van der Waals surface area contributed by atoms with Crippen LogP contribution in [0.1, 0.15) is 24.5 Å². The number of fused-ring (bicyclic) bond motifs is 1. The van der Waals surface area contributed by atoms with Crippen LogP contribution in [-0.4, -0.2) is 58.8 Å². The number of ether oxygens (including phenoxy) is 2. The summed E-state index contributed by atoms with van der Waals surface area (Å²) in [5, 5.41) is 2.88. The highest BCUT2D eigenvalue weighted by molar-refractivity contribution is 7.92. The number of nitrogens with one attached hydrogen (secondary N) is 2. The summed E-state index contributed by atoms with van der Waals surface area (Å²) in [6.45, 7) is 3.74. The highest BCUT2D eigenvalue weighted by Gasteiger charge is 2.22. The lowest BCUT2D eigenvalue weighted by Crippen LogP contribution is -2.27. The Morgan fingerprint density at radius 1 is 1.06 bits per heavy atom. The fraction of sp³-hybridized carbons (Fsp3) is 0.435. The van der Waals surface area contributed by atoms with Crippen LogP contribution in [0, 0.1) is 0 Å². The van der Waals surface area contributed by atoms with Gasteiger partial charge < -0.3 is 19.7 Å². The Balaban J connectivity index is 1.47. The van der Waals surface area contributed by atoms with Gasteiger partial charge in [0.25, 0.3) is 0 Å². The van der Waals surface area contributed by atoms with Gasteiger partial charge in [0.1, 0.15) is 18.1 Å². The third kappa shape index (κ3) is 6.37. The van der Waals surface area contributed by atoms with Crippen molar-refractivity contribution < 1.29 is 22.7 Å². The molecule has 3 rings (SSSR count). The fourth-order valence-corrected chi connectivity index (χ4v) is 4.11. The molecule has 9 heteroatoms. The summed E-state index contributed by atoms with van der Waals surface area (Å²) in [5.41, 5.74) is 3.40. The van der Waals surface area contributed by atoms with E-state index >= 15 is 0 Å². The first-order valence-electron chi connectivity index (χ1n) is 10.7. The lowest BCUT2D eigenvalue weighted by molar-refractivity contribution is -0.116. The smallest absolute Gasteiger partial charge is 0.232 e. The Kier molecular flexibility index (Phi) is 7.98. The van der Waals surface area contributed by atoms with Gasteiger partial charge in [-0.05, 0) is 56.6 Å². The van der Waals surface area contributed by atoms with Crippen molar-refractivity contribution in [3.63, 3.8) is 0 Å². The van der Waals surface area contributed by atoms with Crippen LogP contribution in [0.15, 0.2) is 36.4 Å².